The molecule has 1 aliphatic heterocycles. The number of esters is 1. The maximum absolute atomic E-state index is 11.2. The van der Waals surface area contributed by atoms with Crippen molar-refractivity contribution in [2.45, 2.75) is 25.8 Å². The lowest BCUT2D eigenvalue weighted by molar-refractivity contribution is -0.145. The van der Waals surface area contributed by atoms with E-state index in [0.717, 1.165) is 5.57 Å². The molecule has 0 radical (unpaired) electrons. The van der Waals surface area contributed by atoms with Gasteiger partial charge in [0.1, 0.15) is 12.6 Å². The van der Waals surface area contributed by atoms with Crippen LogP contribution in [0, 0.1) is 0 Å². The van der Waals surface area contributed by atoms with Crippen LogP contribution in [0.5, 0.6) is 0 Å². The van der Waals surface area contributed by atoms with E-state index in [1.54, 1.807) is 6.92 Å². The number of carbonyl (C=O) groups is 2. The van der Waals surface area contributed by atoms with Crippen molar-refractivity contribution >= 4 is 11.9 Å². The molecule has 1 fully saturated rings. The van der Waals surface area contributed by atoms with E-state index in [2.05, 4.69) is 11.9 Å². The largest absolute Gasteiger partial charge is 0.460 e. The molecule has 0 saturated carbocycles. The molecule has 4 heteroatoms. The Balaban J connectivity index is 2.31. The highest BCUT2D eigenvalue weighted by molar-refractivity contribution is 5.88. The van der Waals surface area contributed by atoms with Crippen LogP contribution in [0.25, 0.3) is 0 Å². The van der Waals surface area contributed by atoms with Crippen LogP contribution in [-0.2, 0) is 14.3 Å². The lowest BCUT2D eigenvalue weighted by Crippen LogP contribution is -2.34. The third kappa shape index (κ3) is 2.89. The predicted octanol–water partition coefficient (Wildman–Crippen LogP) is 0.384. The maximum Gasteiger partial charge on any atom is 0.328 e. The van der Waals surface area contributed by atoms with Gasteiger partial charge in [-0.15, -0.1) is 0 Å². The number of carbonyl (C=O) groups excluding carboxylic acids is 2. The van der Waals surface area contributed by atoms with Gasteiger partial charge >= 0.3 is 5.97 Å². The average Bonchev–Trinajstić information content (AvgIpc) is 2.47. The van der Waals surface area contributed by atoms with E-state index in [9.17, 15) is 9.59 Å². The summed E-state index contributed by atoms with van der Waals surface area (Å²) in [5.41, 5.74) is 0.790. The molecule has 1 atom stereocenters. The first-order valence-electron chi connectivity index (χ1n) is 4.20. The van der Waals surface area contributed by atoms with Crippen LogP contribution in [0.4, 0.5) is 0 Å². The Labute approximate surface area is 76.9 Å². The van der Waals surface area contributed by atoms with Gasteiger partial charge in [-0.05, 0) is 18.9 Å². The fraction of sp³-hybridized carbons (Fsp3) is 0.556. The van der Waals surface area contributed by atoms with Gasteiger partial charge in [-0.1, -0.05) is 6.58 Å². The third-order valence-electron chi connectivity index (χ3n) is 1.74. The summed E-state index contributed by atoms with van der Waals surface area (Å²) in [6.07, 6.45) is 0.945. The standard InChI is InChI=1S/C9H13NO3/c1-6(2)5-13-9(12)7-3-4-8(11)10-7/h7H,1,3-5H2,2H3,(H,10,11)/t7-/m0/s1. The van der Waals surface area contributed by atoms with Crippen molar-refractivity contribution in [3.63, 3.8) is 0 Å². The summed E-state index contributed by atoms with van der Waals surface area (Å²) in [5, 5.41) is 2.53. The summed E-state index contributed by atoms with van der Waals surface area (Å²) in [7, 11) is 0. The maximum atomic E-state index is 11.2. The van der Waals surface area contributed by atoms with Crippen LogP contribution in [0.3, 0.4) is 0 Å². The van der Waals surface area contributed by atoms with E-state index in [-0.39, 0.29) is 18.5 Å². The van der Waals surface area contributed by atoms with E-state index in [1.165, 1.54) is 0 Å². The van der Waals surface area contributed by atoms with E-state index >= 15 is 0 Å². The quantitative estimate of drug-likeness (QED) is 0.508. The first kappa shape index (κ1) is 9.77. The van der Waals surface area contributed by atoms with Gasteiger partial charge in [0.05, 0.1) is 0 Å². The molecule has 13 heavy (non-hydrogen) atoms. The van der Waals surface area contributed by atoms with Gasteiger partial charge in [-0.3, -0.25) is 4.79 Å². The van der Waals surface area contributed by atoms with Gasteiger partial charge in [0.2, 0.25) is 5.91 Å². The molecule has 0 aromatic heterocycles. The number of hydrogen-bond acceptors (Lipinski definition) is 3. The molecule has 0 aromatic carbocycles. The summed E-state index contributed by atoms with van der Waals surface area (Å²) in [6.45, 7) is 5.61. The van der Waals surface area contributed by atoms with Gasteiger partial charge in [-0.2, -0.15) is 0 Å². The van der Waals surface area contributed by atoms with Crippen molar-refractivity contribution in [2.24, 2.45) is 0 Å². The zero-order valence-electron chi connectivity index (χ0n) is 7.63. The summed E-state index contributed by atoms with van der Waals surface area (Å²) in [4.78, 5) is 22.0. The molecular formula is C9H13NO3. The Hall–Kier alpha value is -1.32. The number of amides is 1. The fourth-order valence-corrected chi connectivity index (χ4v) is 1.09. The van der Waals surface area contributed by atoms with Crippen molar-refractivity contribution in [1.29, 1.82) is 0 Å². The van der Waals surface area contributed by atoms with Crippen molar-refractivity contribution < 1.29 is 14.3 Å². The average molecular weight is 183 g/mol. The number of ether oxygens (including phenoxy) is 1. The second-order valence-electron chi connectivity index (χ2n) is 3.22. The molecule has 4 nitrogen and oxygen atoms in total. The van der Waals surface area contributed by atoms with Crippen molar-refractivity contribution in [2.75, 3.05) is 6.61 Å². The van der Waals surface area contributed by atoms with Gasteiger partial charge in [-0.25, -0.2) is 4.79 Å². The molecule has 0 aromatic rings. The minimum atomic E-state index is -0.452. The van der Waals surface area contributed by atoms with E-state index in [0.29, 0.717) is 12.8 Å². The molecule has 1 aliphatic rings. The molecule has 72 valence electrons. The van der Waals surface area contributed by atoms with E-state index in [4.69, 9.17) is 4.74 Å². The molecule has 1 heterocycles. The normalized spacial score (nSPS) is 21.0. The first-order chi connectivity index (χ1) is 6.09. The predicted molar refractivity (Wildman–Crippen MR) is 46.9 cm³/mol. The highest BCUT2D eigenvalue weighted by atomic mass is 16.5. The minimum Gasteiger partial charge on any atom is -0.460 e. The molecule has 1 saturated heterocycles. The third-order valence-corrected chi connectivity index (χ3v) is 1.74. The molecular weight excluding hydrogens is 170 g/mol. The minimum absolute atomic E-state index is 0.0859. The smallest absolute Gasteiger partial charge is 0.328 e. The molecule has 1 N–H and O–H groups in total. The highest BCUT2D eigenvalue weighted by Gasteiger charge is 2.28. The van der Waals surface area contributed by atoms with Crippen LogP contribution in [0.1, 0.15) is 19.8 Å². The lowest BCUT2D eigenvalue weighted by Gasteiger charge is -2.09. The second kappa shape index (κ2) is 4.07. The van der Waals surface area contributed by atoms with Gasteiger partial charge in [0.25, 0.3) is 0 Å². The molecule has 0 spiro atoms. The Morgan fingerprint density at radius 3 is 2.92 bits per heavy atom. The summed E-state index contributed by atoms with van der Waals surface area (Å²) in [5.74, 6) is -0.453. The summed E-state index contributed by atoms with van der Waals surface area (Å²) >= 11 is 0. The number of nitrogens with one attached hydrogen (secondary N) is 1. The molecule has 0 bridgehead atoms. The van der Waals surface area contributed by atoms with Crippen molar-refractivity contribution in [3.05, 3.63) is 12.2 Å². The Morgan fingerprint density at radius 1 is 1.77 bits per heavy atom. The Morgan fingerprint density at radius 2 is 2.46 bits per heavy atom. The zero-order valence-corrected chi connectivity index (χ0v) is 7.63. The van der Waals surface area contributed by atoms with Crippen LogP contribution in [0.15, 0.2) is 12.2 Å². The Kier molecular flexibility index (Phi) is 3.06. The van der Waals surface area contributed by atoms with Crippen LogP contribution >= 0.6 is 0 Å². The van der Waals surface area contributed by atoms with Crippen LogP contribution in [-0.4, -0.2) is 24.5 Å². The molecule has 1 amide bonds. The first-order valence-corrected chi connectivity index (χ1v) is 4.20. The monoisotopic (exact) mass is 183 g/mol. The number of hydrogen-bond donors (Lipinski definition) is 1. The van der Waals surface area contributed by atoms with Gasteiger partial charge < -0.3 is 10.1 Å². The highest BCUT2D eigenvalue weighted by Crippen LogP contribution is 2.08. The Bertz CT molecular complexity index is 247. The molecule has 1 rings (SSSR count). The molecule has 0 aliphatic carbocycles. The van der Waals surface area contributed by atoms with Crippen LogP contribution < -0.4 is 5.32 Å². The second-order valence-corrected chi connectivity index (χ2v) is 3.22. The van der Waals surface area contributed by atoms with Crippen molar-refractivity contribution in [1.82, 2.24) is 5.32 Å². The zero-order chi connectivity index (χ0) is 9.84. The lowest BCUT2D eigenvalue weighted by atomic mass is 10.2. The van der Waals surface area contributed by atoms with Crippen LogP contribution in [0.2, 0.25) is 0 Å². The summed E-state index contributed by atoms with van der Waals surface area (Å²) < 4.78 is 4.88. The molecule has 0 unspecified atom stereocenters. The number of rotatable bonds is 3. The van der Waals surface area contributed by atoms with Gasteiger partial charge in [0, 0.05) is 6.42 Å². The van der Waals surface area contributed by atoms with Gasteiger partial charge in [0.15, 0.2) is 0 Å². The van der Waals surface area contributed by atoms with E-state index in [1.807, 2.05) is 0 Å². The topological polar surface area (TPSA) is 55.4 Å². The fourth-order valence-electron chi connectivity index (χ4n) is 1.09. The summed E-state index contributed by atoms with van der Waals surface area (Å²) in [6, 6.07) is -0.452. The SMILES string of the molecule is C=C(C)COC(=O)[C@@H]1CCC(=O)N1. The van der Waals surface area contributed by atoms with Crippen molar-refractivity contribution in [3.8, 4) is 0 Å². The van der Waals surface area contributed by atoms with E-state index < -0.39 is 6.04 Å².